The van der Waals surface area contributed by atoms with E-state index in [-0.39, 0.29) is 0 Å². The van der Waals surface area contributed by atoms with Crippen molar-refractivity contribution in [3.63, 3.8) is 0 Å². The SMILES string of the molecule is O=C(NCC(F)(F)F)C1(CCCCCSc2nc3ccccc3[nH]2)c2ccccc2-c2ccccc21. The van der Waals surface area contributed by atoms with Crippen molar-refractivity contribution in [3.8, 4) is 11.1 Å². The molecule has 2 N–H and O–H groups in total. The van der Waals surface area contributed by atoms with Crippen LogP contribution in [0.3, 0.4) is 0 Å². The molecule has 0 fully saturated rings. The summed E-state index contributed by atoms with van der Waals surface area (Å²) < 4.78 is 39.0. The summed E-state index contributed by atoms with van der Waals surface area (Å²) in [6, 6.07) is 23.0. The number of alkyl halides is 3. The lowest BCUT2D eigenvalue weighted by atomic mass is 9.73. The average molecular weight is 510 g/mol. The number of hydrogen-bond acceptors (Lipinski definition) is 3. The van der Waals surface area contributed by atoms with Gasteiger partial charge in [-0.2, -0.15) is 13.2 Å². The monoisotopic (exact) mass is 509 g/mol. The number of carbonyl (C=O) groups is 1. The summed E-state index contributed by atoms with van der Waals surface area (Å²) >= 11 is 1.65. The summed E-state index contributed by atoms with van der Waals surface area (Å²) in [6.07, 6.45) is -1.55. The van der Waals surface area contributed by atoms with Crippen LogP contribution in [0.2, 0.25) is 0 Å². The van der Waals surface area contributed by atoms with E-state index in [1.165, 1.54) is 0 Å². The lowest BCUT2D eigenvalue weighted by Gasteiger charge is -2.31. The summed E-state index contributed by atoms with van der Waals surface area (Å²) in [6.45, 7) is -1.34. The first kappa shape index (κ1) is 24.4. The summed E-state index contributed by atoms with van der Waals surface area (Å²) in [5, 5.41) is 3.07. The number of carbonyl (C=O) groups excluding carboxylic acids is 1. The zero-order valence-corrected chi connectivity index (χ0v) is 20.4. The molecule has 1 aliphatic carbocycles. The third-order valence-corrected chi connectivity index (χ3v) is 7.66. The van der Waals surface area contributed by atoms with Gasteiger partial charge in [-0.3, -0.25) is 4.79 Å². The zero-order valence-electron chi connectivity index (χ0n) is 19.6. The molecular weight excluding hydrogens is 483 g/mol. The third-order valence-electron chi connectivity index (χ3n) is 6.70. The molecule has 0 saturated heterocycles. The zero-order chi connectivity index (χ0) is 25.2. The first-order valence-electron chi connectivity index (χ1n) is 12.0. The third kappa shape index (κ3) is 4.74. The minimum absolute atomic E-state index is 0.444. The normalized spacial score (nSPS) is 14.0. The Bertz CT molecular complexity index is 1300. The van der Waals surface area contributed by atoms with Gasteiger partial charge in [-0.25, -0.2) is 4.98 Å². The maximum absolute atomic E-state index is 13.5. The van der Waals surface area contributed by atoms with E-state index in [0.717, 1.165) is 57.0 Å². The highest BCUT2D eigenvalue weighted by Gasteiger charge is 2.49. The van der Waals surface area contributed by atoms with Gasteiger partial charge in [0.2, 0.25) is 5.91 Å². The summed E-state index contributed by atoms with van der Waals surface area (Å²) in [5.74, 6) is 0.272. The van der Waals surface area contributed by atoms with E-state index in [1.807, 2.05) is 72.8 Å². The Hall–Kier alpha value is -3.26. The first-order valence-corrected chi connectivity index (χ1v) is 13.0. The molecule has 0 unspecified atom stereocenters. The number of benzene rings is 3. The number of halogens is 3. The predicted molar refractivity (Wildman–Crippen MR) is 137 cm³/mol. The molecule has 0 bridgehead atoms. The maximum Gasteiger partial charge on any atom is 0.405 e. The number of rotatable bonds is 9. The summed E-state index contributed by atoms with van der Waals surface area (Å²) in [4.78, 5) is 21.4. The molecule has 0 aliphatic heterocycles. The molecule has 36 heavy (non-hydrogen) atoms. The van der Waals surface area contributed by atoms with Crippen molar-refractivity contribution < 1.29 is 18.0 Å². The van der Waals surface area contributed by atoms with Gasteiger partial charge in [0.25, 0.3) is 0 Å². The molecule has 8 heteroatoms. The number of fused-ring (bicyclic) bond motifs is 4. The Kier molecular flexibility index (Phi) is 6.79. The standard InChI is InChI=1S/C28H26F3N3OS/c29-28(30,31)18-32-25(35)27(21-12-4-2-10-19(21)20-11-3-5-13-22(20)27)16-8-1-9-17-36-26-33-23-14-6-7-15-24(23)34-26/h2-7,10-15H,1,8-9,16-18H2,(H,32,35)(H,33,34). The van der Waals surface area contributed by atoms with Crippen LogP contribution in [0.1, 0.15) is 36.8 Å². The van der Waals surface area contributed by atoms with Crippen LogP contribution in [0.25, 0.3) is 22.2 Å². The first-order chi connectivity index (χ1) is 17.4. The smallest absolute Gasteiger partial charge is 0.346 e. The molecule has 3 aromatic carbocycles. The van der Waals surface area contributed by atoms with Crippen LogP contribution in [0.5, 0.6) is 0 Å². The van der Waals surface area contributed by atoms with Crippen molar-refractivity contribution in [3.05, 3.63) is 83.9 Å². The molecule has 0 radical (unpaired) electrons. The molecule has 186 valence electrons. The molecule has 1 heterocycles. The van der Waals surface area contributed by atoms with Crippen LogP contribution < -0.4 is 5.32 Å². The fraction of sp³-hybridized carbons (Fsp3) is 0.286. The van der Waals surface area contributed by atoms with E-state index in [4.69, 9.17) is 0 Å². The molecular formula is C28H26F3N3OS. The van der Waals surface area contributed by atoms with E-state index >= 15 is 0 Å². The highest BCUT2D eigenvalue weighted by atomic mass is 32.2. The molecule has 4 aromatic rings. The lowest BCUT2D eigenvalue weighted by Crippen LogP contribution is -2.47. The Morgan fingerprint density at radius 1 is 0.889 bits per heavy atom. The van der Waals surface area contributed by atoms with Crippen molar-refractivity contribution in [2.75, 3.05) is 12.3 Å². The van der Waals surface area contributed by atoms with E-state index in [2.05, 4.69) is 15.3 Å². The summed E-state index contributed by atoms with van der Waals surface area (Å²) in [5.41, 5.74) is 4.19. The number of aromatic nitrogens is 2. The maximum atomic E-state index is 13.5. The Labute approximate surface area is 211 Å². The minimum Gasteiger partial charge on any atom is -0.346 e. The molecule has 0 atom stereocenters. The average Bonchev–Trinajstić information content (AvgIpc) is 3.42. The Morgan fingerprint density at radius 3 is 2.19 bits per heavy atom. The van der Waals surface area contributed by atoms with E-state index in [9.17, 15) is 18.0 Å². The number of nitrogens with one attached hydrogen (secondary N) is 2. The number of hydrogen-bond donors (Lipinski definition) is 2. The van der Waals surface area contributed by atoms with E-state index in [0.29, 0.717) is 12.8 Å². The second kappa shape index (κ2) is 10.0. The second-order valence-corrected chi connectivity index (χ2v) is 10.1. The van der Waals surface area contributed by atoms with Gasteiger partial charge in [-0.15, -0.1) is 0 Å². The minimum atomic E-state index is -4.47. The Balaban J connectivity index is 1.30. The van der Waals surface area contributed by atoms with Gasteiger partial charge in [0.1, 0.15) is 12.0 Å². The van der Waals surface area contributed by atoms with Crippen molar-refractivity contribution >= 4 is 28.7 Å². The molecule has 5 rings (SSSR count). The number of thioether (sulfide) groups is 1. The number of amides is 1. The topological polar surface area (TPSA) is 57.8 Å². The van der Waals surface area contributed by atoms with Gasteiger partial charge in [0.15, 0.2) is 5.16 Å². The van der Waals surface area contributed by atoms with Gasteiger partial charge >= 0.3 is 6.18 Å². The van der Waals surface area contributed by atoms with Crippen molar-refractivity contribution in [2.45, 2.75) is 42.4 Å². The fourth-order valence-electron chi connectivity index (χ4n) is 5.12. The van der Waals surface area contributed by atoms with Gasteiger partial charge in [-0.05, 0) is 47.2 Å². The highest BCUT2D eigenvalue weighted by Crippen LogP contribution is 2.51. The van der Waals surface area contributed by atoms with Gasteiger partial charge in [-0.1, -0.05) is 85.3 Å². The van der Waals surface area contributed by atoms with Crippen LogP contribution >= 0.6 is 11.8 Å². The molecule has 1 aromatic heterocycles. The number of imidazole rings is 1. The second-order valence-electron chi connectivity index (χ2n) is 9.01. The van der Waals surface area contributed by atoms with Gasteiger partial charge in [0.05, 0.1) is 11.0 Å². The summed E-state index contributed by atoms with van der Waals surface area (Å²) in [7, 11) is 0. The molecule has 1 amide bonds. The van der Waals surface area contributed by atoms with Crippen molar-refractivity contribution in [1.29, 1.82) is 0 Å². The molecule has 0 spiro atoms. The Morgan fingerprint density at radius 2 is 1.53 bits per heavy atom. The largest absolute Gasteiger partial charge is 0.405 e. The van der Waals surface area contributed by atoms with Crippen LogP contribution in [-0.4, -0.2) is 34.3 Å². The molecule has 0 saturated carbocycles. The number of nitrogens with zero attached hydrogens (tertiary/aromatic N) is 1. The van der Waals surface area contributed by atoms with Gasteiger partial charge in [0, 0.05) is 5.75 Å². The van der Waals surface area contributed by atoms with Crippen LogP contribution in [0, 0.1) is 0 Å². The quantitative estimate of drug-likeness (QED) is 0.191. The van der Waals surface area contributed by atoms with Crippen LogP contribution in [0.4, 0.5) is 13.2 Å². The fourth-order valence-corrected chi connectivity index (χ4v) is 6.01. The molecule has 1 aliphatic rings. The molecule has 4 nitrogen and oxygen atoms in total. The van der Waals surface area contributed by atoms with E-state index < -0.39 is 24.0 Å². The van der Waals surface area contributed by atoms with Gasteiger partial charge < -0.3 is 10.3 Å². The van der Waals surface area contributed by atoms with Crippen molar-refractivity contribution in [2.24, 2.45) is 0 Å². The predicted octanol–water partition coefficient (Wildman–Crippen LogP) is 6.86. The van der Waals surface area contributed by atoms with Crippen LogP contribution in [-0.2, 0) is 10.2 Å². The van der Waals surface area contributed by atoms with Crippen molar-refractivity contribution in [1.82, 2.24) is 15.3 Å². The number of H-pyrrole nitrogens is 1. The van der Waals surface area contributed by atoms with Crippen LogP contribution in [0.15, 0.2) is 78.0 Å². The van der Waals surface area contributed by atoms with E-state index in [1.54, 1.807) is 11.8 Å². The highest BCUT2D eigenvalue weighted by molar-refractivity contribution is 7.99. The number of para-hydroxylation sites is 2. The lowest BCUT2D eigenvalue weighted by molar-refractivity contribution is -0.141. The number of aromatic amines is 1. The number of unbranched alkanes of at least 4 members (excludes halogenated alkanes) is 2.